The molecule has 1 N–H and O–H groups in total. The third-order valence-corrected chi connectivity index (χ3v) is 9.36. The number of aliphatic hydroxyl groups is 1. The highest BCUT2D eigenvalue weighted by Gasteiger charge is 2.61. The lowest BCUT2D eigenvalue weighted by Gasteiger charge is -2.48. The Balaban J connectivity index is 1.65. The minimum atomic E-state index is -3.62. The molecular weight excluding hydrogens is 425 g/mol. The van der Waals surface area contributed by atoms with Gasteiger partial charge in [0.25, 0.3) is 0 Å². The van der Waals surface area contributed by atoms with Crippen LogP contribution in [0.5, 0.6) is 0 Å². The maximum absolute atomic E-state index is 13.7. The average Bonchev–Trinajstić information content (AvgIpc) is 3.05. The van der Waals surface area contributed by atoms with Gasteiger partial charge in [-0.1, -0.05) is 60.7 Å². The molecule has 3 aromatic rings. The molecule has 0 radical (unpaired) electrons. The number of nitrogens with zero attached hydrogens (tertiary/aromatic N) is 1. The molecule has 2 bridgehead atoms. The molecular formula is C26H26FNO3S. The highest BCUT2D eigenvalue weighted by Crippen LogP contribution is 2.54. The number of hydrogen-bond donors (Lipinski definition) is 1. The van der Waals surface area contributed by atoms with Crippen molar-refractivity contribution in [3.8, 4) is 0 Å². The van der Waals surface area contributed by atoms with E-state index in [2.05, 4.69) is 4.90 Å². The first-order valence-electron chi connectivity index (χ1n) is 11.0. The molecule has 0 spiro atoms. The third kappa shape index (κ3) is 3.38. The summed E-state index contributed by atoms with van der Waals surface area (Å²) in [4.78, 5) is 2.47. The van der Waals surface area contributed by atoms with Crippen LogP contribution in [-0.4, -0.2) is 35.8 Å². The summed E-state index contributed by atoms with van der Waals surface area (Å²) < 4.78 is 41.2. The Morgan fingerprint density at radius 3 is 2.19 bits per heavy atom. The molecule has 6 heteroatoms. The molecule has 0 aliphatic carbocycles. The van der Waals surface area contributed by atoms with Crippen molar-refractivity contribution in [2.24, 2.45) is 0 Å². The highest BCUT2D eigenvalue weighted by molar-refractivity contribution is 7.92. The largest absolute Gasteiger partial charge is 0.391 e. The van der Waals surface area contributed by atoms with E-state index in [9.17, 15) is 17.9 Å². The second-order valence-electron chi connectivity index (χ2n) is 8.81. The van der Waals surface area contributed by atoms with E-state index in [1.807, 2.05) is 30.3 Å². The Bertz CT molecular complexity index is 1180. The number of hydrogen-bond acceptors (Lipinski definition) is 4. The molecule has 3 aromatic carbocycles. The van der Waals surface area contributed by atoms with Gasteiger partial charge in [-0.25, -0.2) is 12.8 Å². The lowest BCUT2D eigenvalue weighted by atomic mass is 9.79. The van der Waals surface area contributed by atoms with E-state index in [-0.39, 0.29) is 18.3 Å². The van der Waals surface area contributed by atoms with Crippen LogP contribution in [0.1, 0.15) is 30.4 Å². The van der Waals surface area contributed by atoms with Crippen LogP contribution in [0.2, 0.25) is 0 Å². The molecule has 0 saturated carbocycles. The molecule has 2 aliphatic heterocycles. The second kappa shape index (κ2) is 8.10. The van der Waals surface area contributed by atoms with Crippen molar-refractivity contribution in [3.63, 3.8) is 0 Å². The van der Waals surface area contributed by atoms with Gasteiger partial charge in [0, 0.05) is 12.6 Å². The average molecular weight is 452 g/mol. The zero-order valence-electron chi connectivity index (χ0n) is 17.6. The fourth-order valence-electron chi connectivity index (χ4n) is 5.65. The van der Waals surface area contributed by atoms with E-state index in [0.29, 0.717) is 24.3 Å². The number of piperidine rings is 1. The van der Waals surface area contributed by atoms with Gasteiger partial charge in [0.2, 0.25) is 0 Å². The SMILES string of the molecule is O=S(=O)(c1ccccc1)C1CC2(c3ccc(F)cc3)C(O)CCC1N2Cc1ccccc1. The topological polar surface area (TPSA) is 57.6 Å². The zero-order chi connectivity index (χ0) is 22.3. The van der Waals surface area contributed by atoms with Gasteiger partial charge in [0.05, 0.1) is 21.8 Å². The summed E-state index contributed by atoms with van der Waals surface area (Å²) in [5.74, 6) is -0.354. The molecule has 5 rings (SSSR count). The monoisotopic (exact) mass is 451 g/mol. The summed E-state index contributed by atoms with van der Waals surface area (Å²) in [7, 11) is -3.62. The number of benzene rings is 3. The summed E-state index contributed by atoms with van der Waals surface area (Å²) >= 11 is 0. The molecule has 4 unspecified atom stereocenters. The van der Waals surface area contributed by atoms with E-state index in [0.717, 1.165) is 11.1 Å². The third-order valence-electron chi connectivity index (χ3n) is 7.15. The van der Waals surface area contributed by atoms with E-state index in [1.54, 1.807) is 42.5 Å². The van der Waals surface area contributed by atoms with Crippen LogP contribution in [0.15, 0.2) is 89.8 Å². The smallest absolute Gasteiger partial charge is 0.182 e. The summed E-state index contributed by atoms with van der Waals surface area (Å²) in [6.07, 6.45) is 0.625. The fourth-order valence-corrected chi connectivity index (χ4v) is 7.70. The van der Waals surface area contributed by atoms with Crippen molar-refractivity contribution < 1.29 is 17.9 Å². The normalized spacial score (nSPS) is 28.0. The van der Waals surface area contributed by atoms with Gasteiger partial charge in [-0.05, 0) is 54.7 Å². The minimum Gasteiger partial charge on any atom is -0.391 e. The molecule has 2 aliphatic rings. The summed E-state index contributed by atoms with van der Waals surface area (Å²) in [5.41, 5.74) is 0.924. The van der Waals surface area contributed by atoms with E-state index < -0.39 is 26.7 Å². The highest BCUT2D eigenvalue weighted by atomic mass is 32.2. The van der Waals surface area contributed by atoms with Gasteiger partial charge in [-0.15, -0.1) is 0 Å². The van der Waals surface area contributed by atoms with Crippen LogP contribution in [0, 0.1) is 5.82 Å². The van der Waals surface area contributed by atoms with Crippen LogP contribution in [-0.2, 0) is 21.9 Å². The van der Waals surface area contributed by atoms with E-state index in [4.69, 9.17) is 0 Å². The summed E-state index contributed by atoms with van der Waals surface area (Å²) in [5, 5.41) is 10.7. The number of aliphatic hydroxyl groups excluding tert-OH is 1. The van der Waals surface area contributed by atoms with Gasteiger partial charge in [-0.2, -0.15) is 0 Å². The first kappa shape index (κ1) is 21.3. The van der Waals surface area contributed by atoms with Crippen LogP contribution in [0.25, 0.3) is 0 Å². The van der Waals surface area contributed by atoms with Crippen LogP contribution < -0.4 is 0 Å². The van der Waals surface area contributed by atoms with Crippen LogP contribution in [0.4, 0.5) is 4.39 Å². The molecule has 0 amide bonds. The maximum Gasteiger partial charge on any atom is 0.182 e. The van der Waals surface area contributed by atoms with Crippen LogP contribution >= 0.6 is 0 Å². The number of sulfone groups is 1. The van der Waals surface area contributed by atoms with Gasteiger partial charge in [0.1, 0.15) is 5.82 Å². The predicted octanol–water partition coefficient (Wildman–Crippen LogP) is 4.29. The fraction of sp³-hybridized carbons (Fsp3) is 0.308. The van der Waals surface area contributed by atoms with Crippen molar-refractivity contribution >= 4 is 9.84 Å². The van der Waals surface area contributed by atoms with Gasteiger partial charge in [0.15, 0.2) is 9.84 Å². The molecule has 2 fully saturated rings. The molecule has 2 heterocycles. The molecule has 2 saturated heterocycles. The molecule has 166 valence electrons. The Labute approximate surface area is 188 Å². The quantitative estimate of drug-likeness (QED) is 0.629. The van der Waals surface area contributed by atoms with Crippen molar-refractivity contribution in [2.75, 3.05) is 0 Å². The molecule has 4 nitrogen and oxygen atoms in total. The van der Waals surface area contributed by atoms with Gasteiger partial charge >= 0.3 is 0 Å². The maximum atomic E-state index is 13.7. The van der Waals surface area contributed by atoms with E-state index >= 15 is 0 Å². The first-order valence-corrected chi connectivity index (χ1v) is 12.5. The zero-order valence-corrected chi connectivity index (χ0v) is 18.5. The summed E-state index contributed by atoms with van der Waals surface area (Å²) in [6, 6.07) is 24.4. The number of fused-ring (bicyclic) bond motifs is 2. The predicted molar refractivity (Wildman–Crippen MR) is 121 cm³/mol. The Hall–Kier alpha value is -2.54. The lowest BCUT2D eigenvalue weighted by molar-refractivity contribution is -0.0666. The minimum absolute atomic E-state index is 0.242. The van der Waals surface area contributed by atoms with Crippen LogP contribution in [0.3, 0.4) is 0 Å². The number of rotatable bonds is 5. The Morgan fingerprint density at radius 2 is 1.53 bits per heavy atom. The van der Waals surface area contributed by atoms with Crippen molar-refractivity contribution in [2.45, 2.75) is 53.6 Å². The van der Waals surface area contributed by atoms with Crippen molar-refractivity contribution in [1.29, 1.82) is 0 Å². The summed E-state index contributed by atoms with van der Waals surface area (Å²) in [6.45, 7) is 0.515. The molecule has 32 heavy (non-hydrogen) atoms. The first-order chi connectivity index (χ1) is 15.4. The molecule has 4 atom stereocenters. The van der Waals surface area contributed by atoms with Crippen molar-refractivity contribution in [3.05, 3.63) is 102 Å². The van der Waals surface area contributed by atoms with Crippen molar-refractivity contribution in [1.82, 2.24) is 4.90 Å². The second-order valence-corrected chi connectivity index (χ2v) is 11.0. The number of halogens is 1. The Morgan fingerprint density at radius 1 is 0.906 bits per heavy atom. The lowest BCUT2D eigenvalue weighted by Crippen LogP contribution is -2.56. The molecule has 0 aromatic heterocycles. The standard InChI is InChI=1S/C26H26FNO3S/c27-21-13-11-20(12-14-21)26-17-24(32(30,31)22-9-5-2-6-10-22)23(15-16-25(26)29)28(26)18-19-7-3-1-4-8-19/h1-14,23-25,29H,15-18H2. The van der Waals surface area contributed by atoms with E-state index in [1.165, 1.54) is 12.1 Å². The Kier molecular flexibility index (Phi) is 5.40. The van der Waals surface area contributed by atoms with Gasteiger partial charge in [-0.3, -0.25) is 4.90 Å². The van der Waals surface area contributed by atoms with Gasteiger partial charge < -0.3 is 5.11 Å².